The number of hydrogen-bond acceptors (Lipinski definition) is 3. The molecule has 0 radical (unpaired) electrons. The summed E-state index contributed by atoms with van der Waals surface area (Å²) in [6.45, 7) is 3.62. The summed E-state index contributed by atoms with van der Waals surface area (Å²) in [7, 11) is 0. The number of pyridine rings is 1. The summed E-state index contributed by atoms with van der Waals surface area (Å²) in [6.07, 6.45) is 1.57. The second kappa shape index (κ2) is 2.59. The molecule has 2 N–H and O–H groups in total. The summed E-state index contributed by atoms with van der Waals surface area (Å²) in [4.78, 5) is 3.96. The zero-order valence-corrected chi connectivity index (χ0v) is 6.55. The third-order valence-electron chi connectivity index (χ3n) is 1.68. The van der Waals surface area contributed by atoms with Gasteiger partial charge in [-0.25, -0.2) is 0 Å². The van der Waals surface area contributed by atoms with Crippen LogP contribution in [0.25, 0.3) is 0 Å². The Morgan fingerprint density at radius 2 is 2.18 bits per heavy atom. The summed E-state index contributed by atoms with van der Waals surface area (Å²) in [6, 6.07) is 2.06. The van der Waals surface area contributed by atoms with Gasteiger partial charge in [-0.1, -0.05) is 0 Å². The number of anilines is 1. The minimum atomic E-state index is 0.576. The number of nitriles is 1. The van der Waals surface area contributed by atoms with Gasteiger partial charge in [0, 0.05) is 0 Å². The summed E-state index contributed by atoms with van der Waals surface area (Å²) in [5.74, 6) is 0. The molecule has 11 heavy (non-hydrogen) atoms. The SMILES string of the molecule is Cc1ncc(N)c(C)c1C#N. The molecule has 0 saturated heterocycles. The van der Waals surface area contributed by atoms with E-state index in [0.29, 0.717) is 11.3 Å². The first-order chi connectivity index (χ1) is 5.16. The van der Waals surface area contributed by atoms with Crippen LogP contribution < -0.4 is 5.73 Å². The summed E-state index contributed by atoms with van der Waals surface area (Å²) < 4.78 is 0. The van der Waals surface area contributed by atoms with Gasteiger partial charge < -0.3 is 5.73 Å². The first-order valence-corrected chi connectivity index (χ1v) is 3.28. The van der Waals surface area contributed by atoms with Crippen LogP contribution in [-0.4, -0.2) is 4.98 Å². The fourth-order valence-corrected chi connectivity index (χ4v) is 0.908. The summed E-state index contributed by atoms with van der Waals surface area (Å²) >= 11 is 0. The maximum atomic E-state index is 8.68. The van der Waals surface area contributed by atoms with Gasteiger partial charge in [-0.05, 0) is 19.4 Å². The Labute approximate surface area is 65.5 Å². The van der Waals surface area contributed by atoms with Crippen LogP contribution in [0, 0.1) is 25.2 Å². The van der Waals surface area contributed by atoms with E-state index in [4.69, 9.17) is 11.0 Å². The van der Waals surface area contributed by atoms with Crippen LogP contribution in [0.5, 0.6) is 0 Å². The molecule has 3 heteroatoms. The van der Waals surface area contributed by atoms with Gasteiger partial charge in [0.25, 0.3) is 0 Å². The first-order valence-electron chi connectivity index (χ1n) is 3.28. The lowest BCUT2D eigenvalue weighted by Crippen LogP contribution is -1.97. The van der Waals surface area contributed by atoms with E-state index in [1.165, 1.54) is 0 Å². The van der Waals surface area contributed by atoms with E-state index in [2.05, 4.69) is 11.1 Å². The summed E-state index contributed by atoms with van der Waals surface area (Å²) in [5.41, 5.74) is 8.27. The number of aromatic nitrogens is 1. The molecule has 0 aromatic carbocycles. The summed E-state index contributed by atoms with van der Waals surface area (Å²) in [5, 5.41) is 8.68. The molecule has 1 rings (SSSR count). The lowest BCUT2D eigenvalue weighted by molar-refractivity contribution is 1.16. The van der Waals surface area contributed by atoms with Crippen molar-refractivity contribution in [2.24, 2.45) is 0 Å². The van der Waals surface area contributed by atoms with Gasteiger partial charge in [0.05, 0.1) is 23.1 Å². The van der Waals surface area contributed by atoms with E-state index in [-0.39, 0.29) is 0 Å². The number of hydrogen-bond donors (Lipinski definition) is 1. The third-order valence-corrected chi connectivity index (χ3v) is 1.68. The lowest BCUT2D eigenvalue weighted by atomic mass is 10.1. The number of nitrogens with two attached hydrogens (primary N) is 1. The lowest BCUT2D eigenvalue weighted by Gasteiger charge is -2.02. The Bertz CT molecular complexity index is 323. The van der Waals surface area contributed by atoms with Gasteiger partial charge in [-0.3, -0.25) is 4.98 Å². The molecule has 1 heterocycles. The first kappa shape index (κ1) is 7.55. The Hall–Kier alpha value is -1.56. The Morgan fingerprint density at radius 1 is 1.55 bits per heavy atom. The predicted molar refractivity (Wildman–Crippen MR) is 42.8 cm³/mol. The topological polar surface area (TPSA) is 62.7 Å². The fraction of sp³-hybridized carbons (Fsp3) is 0.250. The molecule has 0 atom stereocenters. The van der Waals surface area contributed by atoms with Gasteiger partial charge in [-0.15, -0.1) is 0 Å². The van der Waals surface area contributed by atoms with Crippen molar-refractivity contribution >= 4 is 5.69 Å². The monoisotopic (exact) mass is 147 g/mol. The van der Waals surface area contributed by atoms with E-state index in [1.807, 2.05) is 6.92 Å². The van der Waals surface area contributed by atoms with Gasteiger partial charge in [-0.2, -0.15) is 5.26 Å². The van der Waals surface area contributed by atoms with Crippen LogP contribution in [0.3, 0.4) is 0 Å². The van der Waals surface area contributed by atoms with E-state index in [1.54, 1.807) is 13.1 Å². The average Bonchev–Trinajstić information content (AvgIpc) is 1.99. The molecule has 1 aromatic heterocycles. The van der Waals surface area contributed by atoms with Crippen molar-refractivity contribution in [3.8, 4) is 6.07 Å². The molecule has 0 bridgehead atoms. The Morgan fingerprint density at radius 3 is 2.64 bits per heavy atom. The molecule has 0 fully saturated rings. The normalized spacial score (nSPS) is 9.18. The second-order valence-corrected chi connectivity index (χ2v) is 2.41. The van der Waals surface area contributed by atoms with Crippen molar-refractivity contribution in [1.29, 1.82) is 5.26 Å². The smallest absolute Gasteiger partial charge is 0.101 e. The van der Waals surface area contributed by atoms with E-state index >= 15 is 0 Å². The predicted octanol–water partition coefficient (Wildman–Crippen LogP) is 1.15. The number of nitrogens with zero attached hydrogens (tertiary/aromatic N) is 2. The Balaban J connectivity index is 3.44. The molecule has 0 aliphatic rings. The van der Waals surface area contributed by atoms with Gasteiger partial charge >= 0.3 is 0 Å². The van der Waals surface area contributed by atoms with Crippen molar-refractivity contribution in [1.82, 2.24) is 4.98 Å². The maximum Gasteiger partial charge on any atom is 0.101 e. The van der Waals surface area contributed by atoms with Crippen molar-refractivity contribution in [3.63, 3.8) is 0 Å². The van der Waals surface area contributed by atoms with Crippen LogP contribution in [0.1, 0.15) is 16.8 Å². The largest absolute Gasteiger partial charge is 0.397 e. The van der Waals surface area contributed by atoms with Gasteiger partial charge in [0.15, 0.2) is 0 Å². The van der Waals surface area contributed by atoms with E-state index in [9.17, 15) is 0 Å². The standard InChI is InChI=1S/C8H9N3/c1-5-7(3-9)6(2)11-4-8(5)10/h4H,10H2,1-2H3. The maximum absolute atomic E-state index is 8.68. The van der Waals surface area contributed by atoms with Crippen LogP contribution in [-0.2, 0) is 0 Å². The zero-order valence-electron chi connectivity index (χ0n) is 6.55. The van der Waals surface area contributed by atoms with Crippen molar-refractivity contribution in [2.45, 2.75) is 13.8 Å². The molecule has 1 aromatic rings. The average molecular weight is 147 g/mol. The molecular weight excluding hydrogens is 138 g/mol. The van der Waals surface area contributed by atoms with Crippen LogP contribution in [0.2, 0.25) is 0 Å². The van der Waals surface area contributed by atoms with Crippen LogP contribution >= 0.6 is 0 Å². The highest BCUT2D eigenvalue weighted by atomic mass is 14.7. The van der Waals surface area contributed by atoms with Crippen LogP contribution in [0.4, 0.5) is 5.69 Å². The molecule has 3 nitrogen and oxygen atoms in total. The molecule has 0 aliphatic heterocycles. The zero-order chi connectivity index (χ0) is 8.43. The van der Waals surface area contributed by atoms with E-state index < -0.39 is 0 Å². The second-order valence-electron chi connectivity index (χ2n) is 2.41. The highest BCUT2D eigenvalue weighted by Gasteiger charge is 2.04. The van der Waals surface area contributed by atoms with Gasteiger partial charge in [0.1, 0.15) is 6.07 Å². The van der Waals surface area contributed by atoms with Gasteiger partial charge in [0.2, 0.25) is 0 Å². The highest BCUT2D eigenvalue weighted by molar-refractivity contribution is 5.54. The van der Waals surface area contributed by atoms with Crippen molar-refractivity contribution < 1.29 is 0 Å². The molecule has 56 valence electrons. The number of aryl methyl sites for hydroxylation is 1. The third kappa shape index (κ3) is 1.15. The fourth-order valence-electron chi connectivity index (χ4n) is 0.908. The van der Waals surface area contributed by atoms with Crippen molar-refractivity contribution in [2.75, 3.05) is 5.73 Å². The highest BCUT2D eigenvalue weighted by Crippen LogP contribution is 2.15. The number of nitrogen functional groups attached to an aromatic ring is 1. The molecule has 0 unspecified atom stereocenters. The molecule has 0 amide bonds. The number of rotatable bonds is 0. The van der Waals surface area contributed by atoms with E-state index in [0.717, 1.165) is 11.3 Å². The van der Waals surface area contributed by atoms with Crippen LogP contribution in [0.15, 0.2) is 6.20 Å². The quantitative estimate of drug-likeness (QED) is 0.598. The van der Waals surface area contributed by atoms with Crippen molar-refractivity contribution in [3.05, 3.63) is 23.0 Å². The Kier molecular flexibility index (Phi) is 1.77. The molecular formula is C8H9N3. The molecule has 0 spiro atoms. The molecule has 0 saturated carbocycles. The molecule has 0 aliphatic carbocycles. The minimum Gasteiger partial charge on any atom is -0.397 e. The minimum absolute atomic E-state index is 0.576.